The Bertz CT molecular complexity index is 889. The van der Waals surface area contributed by atoms with Crippen molar-refractivity contribution >= 4 is 11.8 Å². The Balaban J connectivity index is 1.90. The number of rotatable bonds is 4. The van der Waals surface area contributed by atoms with Gasteiger partial charge < -0.3 is 15.6 Å². The van der Waals surface area contributed by atoms with Gasteiger partial charge in [-0.15, -0.1) is 10.2 Å². The second-order valence-electron chi connectivity index (χ2n) is 6.72. The standard InChI is InChI=1S/C18H19F3N4O3/c1-10-7-15(22-12-3-2-6-25(28)9-12)23-24-16(10)13-5-4-11(18(19,20)21)8-14(13)17(26)27/h4-5,7-8,12,28H,2-3,6,9H2,1H3,(H,22,23)(H,26,27)/t12-/m1/s1. The van der Waals surface area contributed by atoms with E-state index < -0.39 is 23.3 Å². The number of hydroxylamine groups is 2. The Morgan fingerprint density at radius 3 is 2.64 bits per heavy atom. The van der Waals surface area contributed by atoms with Gasteiger partial charge in [-0.1, -0.05) is 6.07 Å². The first kappa shape index (κ1) is 20.0. The molecule has 0 spiro atoms. The summed E-state index contributed by atoms with van der Waals surface area (Å²) in [6, 6.07) is 4.16. The maximum Gasteiger partial charge on any atom is 0.416 e. The number of nitrogens with zero attached hydrogens (tertiary/aromatic N) is 3. The molecule has 28 heavy (non-hydrogen) atoms. The highest BCUT2D eigenvalue weighted by molar-refractivity contribution is 5.96. The number of piperidine rings is 1. The van der Waals surface area contributed by atoms with Crippen molar-refractivity contribution in [1.29, 1.82) is 0 Å². The minimum absolute atomic E-state index is 0.0149. The molecule has 1 saturated heterocycles. The second kappa shape index (κ2) is 7.72. The van der Waals surface area contributed by atoms with Crippen LogP contribution in [0.5, 0.6) is 0 Å². The maximum absolute atomic E-state index is 12.9. The van der Waals surface area contributed by atoms with Crippen LogP contribution in [-0.2, 0) is 6.18 Å². The smallest absolute Gasteiger partial charge is 0.416 e. The third kappa shape index (κ3) is 4.39. The van der Waals surface area contributed by atoms with Crippen molar-refractivity contribution in [3.8, 4) is 11.3 Å². The highest BCUT2D eigenvalue weighted by Gasteiger charge is 2.32. The van der Waals surface area contributed by atoms with E-state index in [4.69, 9.17) is 0 Å². The van der Waals surface area contributed by atoms with Gasteiger partial charge in [0.25, 0.3) is 0 Å². The summed E-state index contributed by atoms with van der Waals surface area (Å²) in [7, 11) is 0. The normalized spacial score (nSPS) is 18.1. The van der Waals surface area contributed by atoms with Gasteiger partial charge in [0.2, 0.25) is 0 Å². The van der Waals surface area contributed by atoms with E-state index in [2.05, 4.69) is 15.5 Å². The number of hydrogen-bond donors (Lipinski definition) is 3. The zero-order valence-corrected chi connectivity index (χ0v) is 15.0. The van der Waals surface area contributed by atoms with E-state index in [0.29, 0.717) is 30.5 Å². The van der Waals surface area contributed by atoms with Crippen LogP contribution in [0.4, 0.5) is 19.0 Å². The van der Waals surface area contributed by atoms with Crippen LogP contribution < -0.4 is 5.32 Å². The fourth-order valence-electron chi connectivity index (χ4n) is 3.21. The van der Waals surface area contributed by atoms with E-state index in [9.17, 15) is 28.3 Å². The maximum atomic E-state index is 12.9. The number of aromatic nitrogens is 2. The molecule has 0 aliphatic carbocycles. The number of halogens is 3. The average molecular weight is 396 g/mol. The number of benzene rings is 1. The third-order valence-electron chi connectivity index (χ3n) is 4.57. The van der Waals surface area contributed by atoms with Gasteiger partial charge in [0.15, 0.2) is 0 Å². The molecule has 0 bridgehead atoms. The molecule has 0 amide bonds. The van der Waals surface area contributed by atoms with Gasteiger partial charge in [-0.05, 0) is 43.5 Å². The molecule has 2 heterocycles. The monoisotopic (exact) mass is 396 g/mol. The molecule has 1 aliphatic rings. The molecule has 2 aromatic rings. The summed E-state index contributed by atoms with van der Waals surface area (Å²) in [5.74, 6) is -1.03. The fraction of sp³-hybridized carbons (Fsp3) is 0.389. The molecule has 1 aliphatic heterocycles. The topological polar surface area (TPSA) is 98.6 Å². The average Bonchev–Trinajstić information content (AvgIpc) is 2.60. The molecule has 1 aromatic heterocycles. The molecule has 10 heteroatoms. The Kier molecular flexibility index (Phi) is 5.52. The molecule has 1 fully saturated rings. The first-order chi connectivity index (χ1) is 13.1. The second-order valence-corrected chi connectivity index (χ2v) is 6.72. The van der Waals surface area contributed by atoms with Crippen molar-refractivity contribution in [3.05, 3.63) is 41.0 Å². The van der Waals surface area contributed by atoms with Crippen LogP contribution in [-0.4, -0.2) is 50.7 Å². The highest BCUT2D eigenvalue weighted by Crippen LogP contribution is 2.34. The van der Waals surface area contributed by atoms with Crippen molar-refractivity contribution in [2.75, 3.05) is 18.4 Å². The summed E-state index contributed by atoms with van der Waals surface area (Å²) in [5, 5.41) is 31.4. The molecular weight excluding hydrogens is 377 g/mol. The quantitative estimate of drug-likeness (QED) is 0.728. The number of carboxylic acids is 1. The molecule has 3 rings (SSSR count). The number of carbonyl (C=O) groups is 1. The summed E-state index contributed by atoms with van der Waals surface area (Å²) in [6.45, 7) is 2.72. The van der Waals surface area contributed by atoms with Crippen molar-refractivity contribution in [1.82, 2.24) is 15.3 Å². The van der Waals surface area contributed by atoms with Crippen LogP contribution in [0.1, 0.15) is 34.3 Å². The zero-order valence-electron chi connectivity index (χ0n) is 15.0. The van der Waals surface area contributed by atoms with Crippen molar-refractivity contribution in [2.45, 2.75) is 32.0 Å². The van der Waals surface area contributed by atoms with Gasteiger partial charge >= 0.3 is 12.1 Å². The van der Waals surface area contributed by atoms with E-state index >= 15 is 0 Å². The van der Waals surface area contributed by atoms with E-state index in [1.54, 1.807) is 13.0 Å². The molecule has 7 nitrogen and oxygen atoms in total. The largest absolute Gasteiger partial charge is 0.478 e. The summed E-state index contributed by atoms with van der Waals surface area (Å²) in [5.41, 5.74) is -0.698. The lowest BCUT2D eigenvalue weighted by molar-refractivity contribution is -0.137. The zero-order chi connectivity index (χ0) is 20.5. The SMILES string of the molecule is Cc1cc(N[C@@H]2CCCN(O)C2)nnc1-c1ccc(C(F)(F)F)cc1C(=O)O. The summed E-state index contributed by atoms with van der Waals surface area (Å²) in [4.78, 5) is 11.5. The minimum atomic E-state index is -4.64. The number of aryl methyl sites for hydroxylation is 1. The third-order valence-corrected chi connectivity index (χ3v) is 4.57. The Hall–Kier alpha value is -2.72. The lowest BCUT2D eigenvalue weighted by Crippen LogP contribution is -2.40. The van der Waals surface area contributed by atoms with Crippen LogP contribution in [0.3, 0.4) is 0 Å². The Morgan fingerprint density at radius 2 is 2.04 bits per heavy atom. The molecule has 1 atom stereocenters. The Morgan fingerprint density at radius 1 is 1.29 bits per heavy atom. The molecule has 3 N–H and O–H groups in total. The van der Waals surface area contributed by atoms with E-state index in [1.807, 2.05) is 0 Å². The van der Waals surface area contributed by atoms with Crippen molar-refractivity contribution in [2.24, 2.45) is 0 Å². The molecule has 1 aromatic carbocycles. The minimum Gasteiger partial charge on any atom is -0.478 e. The summed E-state index contributed by atoms with van der Waals surface area (Å²) in [6.07, 6.45) is -2.97. The molecular formula is C18H19F3N4O3. The summed E-state index contributed by atoms with van der Waals surface area (Å²) < 4.78 is 38.7. The van der Waals surface area contributed by atoms with Crippen LogP contribution in [0.15, 0.2) is 24.3 Å². The van der Waals surface area contributed by atoms with Gasteiger partial charge in [-0.2, -0.15) is 18.2 Å². The Labute approximate surface area is 158 Å². The number of anilines is 1. The van der Waals surface area contributed by atoms with Gasteiger partial charge in [0.1, 0.15) is 5.82 Å². The van der Waals surface area contributed by atoms with Gasteiger partial charge in [-0.3, -0.25) is 0 Å². The molecule has 0 radical (unpaired) electrons. The van der Waals surface area contributed by atoms with Gasteiger partial charge in [-0.25, -0.2) is 4.79 Å². The molecule has 0 saturated carbocycles. The van der Waals surface area contributed by atoms with Gasteiger partial charge in [0, 0.05) is 24.7 Å². The van der Waals surface area contributed by atoms with Crippen LogP contribution in [0.2, 0.25) is 0 Å². The number of nitrogens with one attached hydrogen (secondary N) is 1. The van der Waals surface area contributed by atoms with E-state index in [-0.39, 0.29) is 17.3 Å². The van der Waals surface area contributed by atoms with E-state index in [1.165, 1.54) is 5.06 Å². The number of carboxylic acid groups (broad SMARTS) is 1. The van der Waals surface area contributed by atoms with Crippen LogP contribution in [0.25, 0.3) is 11.3 Å². The molecule has 150 valence electrons. The molecule has 0 unspecified atom stereocenters. The van der Waals surface area contributed by atoms with Crippen molar-refractivity contribution in [3.63, 3.8) is 0 Å². The van der Waals surface area contributed by atoms with Gasteiger partial charge in [0.05, 0.1) is 16.8 Å². The first-order valence-electron chi connectivity index (χ1n) is 8.64. The van der Waals surface area contributed by atoms with Crippen LogP contribution in [0, 0.1) is 6.92 Å². The van der Waals surface area contributed by atoms with E-state index in [0.717, 1.165) is 25.0 Å². The predicted octanol–water partition coefficient (Wildman–Crippen LogP) is 3.43. The lowest BCUT2D eigenvalue weighted by atomic mass is 9.98. The fourth-order valence-corrected chi connectivity index (χ4v) is 3.21. The first-order valence-corrected chi connectivity index (χ1v) is 8.64. The van der Waals surface area contributed by atoms with Crippen LogP contribution >= 0.6 is 0 Å². The number of alkyl halides is 3. The lowest BCUT2D eigenvalue weighted by Gasteiger charge is -2.28. The number of aromatic carboxylic acids is 1. The predicted molar refractivity (Wildman–Crippen MR) is 94.2 cm³/mol. The van der Waals surface area contributed by atoms with Crippen molar-refractivity contribution < 1.29 is 28.3 Å². The summed E-state index contributed by atoms with van der Waals surface area (Å²) >= 11 is 0. The number of hydrogen-bond acceptors (Lipinski definition) is 6. The highest BCUT2D eigenvalue weighted by atomic mass is 19.4.